The molecule has 3 N–H and O–H groups in total. The minimum Gasteiger partial charge on any atom is -0.357 e. The molecule has 0 aliphatic carbocycles. The average Bonchev–Trinajstić information content (AvgIpc) is 3.11. The molecule has 1 amide bonds. The van der Waals surface area contributed by atoms with Gasteiger partial charge in [-0.05, 0) is 38.0 Å². The highest BCUT2D eigenvalue weighted by atomic mass is 32.1. The lowest BCUT2D eigenvalue weighted by atomic mass is 10.1. The Balaban J connectivity index is 1.84. The van der Waals surface area contributed by atoms with E-state index in [1.54, 1.807) is 11.3 Å². The van der Waals surface area contributed by atoms with Crippen LogP contribution in [0.15, 0.2) is 35.5 Å². The van der Waals surface area contributed by atoms with Crippen LogP contribution in [0.25, 0.3) is 0 Å². The van der Waals surface area contributed by atoms with E-state index in [1.165, 1.54) is 4.88 Å². The number of carbonyl (C=O) groups is 1. The molecule has 0 aliphatic heterocycles. The first-order valence-corrected chi connectivity index (χ1v) is 10.7. The van der Waals surface area contributed by atoms with Crippen LogP contribution in [0.3, 0.4) is 0 Å². The molecule has 0 atom stereocenters. The molecule has 152 valence electrons. The van der Waals surface area contributed by atoms with Crippen LogP contribution in [0.1, 0.15) is 52.5 Å². The fourth-order valence-electron chi connectivity index (χ4n) is 2.56. The average molecular weight is 402 g/mol. The summed E-state index contributed by atoms with van der Waals surface area (Å²) in [6, 6.07) is 7.63. The van der Waals surface area contributed by atoms with Crippen LogP contribution in [0.5, 0.6) is 0 Å². The second-order valence-corrected chi connectivity index (χ2v) is 7.86. The monoisotopic (exact) mass is 401 g/mol. The fraction of sp³-hybridized carbons (Fsp3) is 0.476. The summed E-state index contributed by atoms with van der Waals surface area (Å²) in [4.78, 5) is 22.3. The number of guanidine groups is 1. The van der Waals surface area contributed by atoms with Crippen molar-refractivity contribution in [3.8, 4) is 0 Å². The predicted octanol–water partition coefficient (Wildman–Crippen LogP) is 3.28. The van der Waals surface area contributed by atoms with Gasteiger partial charge in [0.05, 0.1) is 11.6 Å². The maximum Gasteiger partial charge on any atom is 0.251 e. The molecule has 0 fully saturated rings. The van der Waals surface area contributed by atoms with Gasteiger partial charge in [-0.1, -0.05) is 25.5 Å². The van der Waals surface area contributed by atoms with Crippen molar-refractivity contribution in [1.82, 2.24) is 20.9 Å². The largest absolute Gasteiger partial charge is 0.357 e. The Labute approximate surface area is 171 Å². The highest BCUT2D eigenvalue weighted by molar-refractivity contribution is 7.11. The van der Waals surface area contributed by atoms with Crippen LogP contribution in [0.2, 0.25) is 0 Å². The number of nitrogens with zero attached hydrogens (tertiary/aromatic N) is 2. The van der Waals surface area contributed by atoms with E-state index in [0.29, 0.717) is 12.1 Å². The molecule has 7 heteroatoms. The standard InChI is InChI=1S/C21H31N5OS/c1-4-6-12-23-20(27)18-9-7-17(8-10-18)15-26-21(22-5-2)24-13-11-19-25-14-16(3)28-19/h7-10,14H,4-6,11-13,15H2,1-3H3,(H,23,27)(H2,22,24,26). The Kier molecular flexibility index (Phi) is 9.48. The number of carbonyl (C=O) groups excluding carboxylic acids is 1. The summed E-state index contributed by atoms with van der Waals surface area (Å²) in [6.45, 7) is 9.10. The molecule has 28 heavy (non-hydrogen) atoms. The van der Waals surface area contributed by atoms with Gasteiger partial charge in [-0.25, -0.2) is 9.98 Å². The van der Waals surface area contributed by atoms with Crippen LogP contribution in [-0.4, -0.2) is 36.5 Å². The molecule has 6 nitrogen and oxygen atoms in total. The first-order chi connectivity index (χ1) is 13.6. The number of aryl methyl sites for hydroxylation is 1. The molecule has 2 aromatic rings. The smallest absolute Gasteiger partial charge is 0.251 e. The van der Waals surface area contributed by atoms with Gasteiger partial charge in [0, 0.05) is 42.7 Å². The van der Waals surface area contributed by atoms with Gasteiger partial charge in [-0.15, -0.1) is 11.3 Å². The third kappa shape index (κ3) is 7.68. The van der Waals surface area contributed by atoms with Gasteiger partial charge >= 0.3 is 0 Å². The highest BCUT2D eigenvalue weighted by Crippen LogP contribution is 2.11. The van der Waals surface area contributed by atoms with E-state index in [9.17, 15) is 4.79 Å². The molecule has 0 saturated heterocycles. The van der Waals surface area contributed by atoms with Crippen LogP contribution in [-0.2, 0) is 13.0 Å². The molecule has 1 aromatic heterocycles. The molecule has 0 bridgehead atoms. The molecular formula is C21H31N5OS. The van der Waals surface area contributed by atoms with Crippen molar-refractivity contribution in [3.05, 3.63) is 51.5 Å². The van der Waals surface area contributed by atoms with Crippen molar-refractivity contribution in [3.63, 3.8) is 0 Å². The Morgan fingerprint density at radius 2 is 1.89 bits per heavy atom. The lowest BCUT2D eigenvalue weighted by molar-refractivity contribution is 0.0953. The number of aliphatic imine (C=N–C) groups is 1. The van der Waals surface area contributed by atoms with E-state index in [1.807, 2.05) is 37.4 Å². The van der Waals surface area contributed by atoms with E-state index in [4.69, 9.17) is 0 Å². The van der Waals surface area contributed by atoms with E-state index in [0.717, 1.165) is 55.4 Å². The summed E-state index contributed by atoms with van der Waals surface area (Å²) in [5, 5.41) is 10.7. The van der Waals surface area contributed by atoms with Gasteiger partial charge in [-0.2, -0.15) is 0 Å². The summed E-state index contributed by atoms with van der Waals surface area (Å²) in [6.07, 6.45) is 4.86. The summed E-state index contributed by atoms with van der Waals surface area (Å²) < 4.78 is 0. The topological polar surface area (TPSA) is 78.4 Å². The number of amides is 1. The van der Waals surface area contributed by atoms with Crippen molar-refractivity contribution in [2.75, 3.05) is 19.6 Å². The molecule has 1 heterocycles. The van der Waals surface area contributed by atoms with Crippen LogP contribution in [0.4, 0.5) is 0 Å². The number of benzene rings is 1. The number of aromatic nitrogens is 1. The number of hydrogen-bond acceptors (Lipinski definition) is 4. The summed E-state index contributed by atoms with van der Waals surface area (Å²) >= 11 is 1.73. The van der Waals surface area contributed by atoms with Gasteiger partial charge in [0.2, 0.25) is 0 Å². The molecule has 0 saturated carbocycles. The van der Waals surface area contributed by atoms with Gasteiger partial charge in [0.25, 0.3) is 5.91 Å². The first-order valence-electron chi connectivity index (χ1n) is 9.93. The van der Waals surface area contributed by atoms with Crippen LogP contribution in [0, 0.1) is 6.92 Å². The molecule has 2 rings (SSSR count). The third-order valence-corrected chi connectivity index (χ3v) is 5.07. The summed E-state index contributed by atoms with van der Waals surface area (Å²) in [5.74, 6) is 0.771. The zero-order valence-electron chi connectivity index (χ0n) is 17.0. The molecule has 0 unspecified atom stereocenters. The number of unbranched alkanes of at least 4 members (excludes halogenated alkanes) is 1. The van der Waals surface area contributed by atoms with Gasteiger partial charge in [0.1, 0.15) is 0 Å². The van der Waals surface area contributed by atoms with E-state index in [-0.39, 0.29) is 5.91 Å². The van der Waals surface area contributed by atoms with Crippen LogP contribution < -0.4 is 16.0 Å². The van der Waals surface area contributed by atoms with Crippen molar-refractivity contribution >= 4 is 23.2 Å². The van der Waals surface area contributed by atoms with E-state index in [2.05, 4.69) is 39.8 Å². The van der Waals surface area contributed by atoms with Gasteiger partial charge in [-0.3, -0.25) is 4.79 Å². The first kappa shape index (κ1) is 21.9. The number of rotatable bonds is 10. The Hall–Kier alpha value is -2.41. The number of thiazole rings is 1. The number of hydrogen-bond donors (Lipinski definition) is 3. The Morgan fingerprint density at radius 1 is 1.11 bits per heavy atom. The lowest BCUT2D eigenvalue weighted by Gasteiger charge is -2.11. The molecule has 1 aromatic carbocycles. The molecule has 0 radical (unpaired) electrons. The quantitative estimate of drug-likeness (QED) is 0.324. The second-order valence-electron chi connectivity index (χ2n) is 6.54. The zero-order valence-corrected chi connectivity index (χ0v) is 17.9. The molecule has 0 spiro atoms. The van der Waals surface area contributed by atoms with Gasteiger partial charge < -0.3 is 16.0 Å². The minimum atomic E-state index is -0.0177. The second kappa shape index (κ2) is 12.1. The highest BCUT2D eigenvalue weighted by Gasteiger charge is 2.05. The van der Waals surface area contributed by atoms with Crippen molar-refractivity contribution in [2.24, 2.45) is 4.99 Å². The SMILES string of the molecule is CCCCNC(=O)c1ccc(CN=C(NCC)NCCc2ncc(C)s2)cc1. The minimum absolute atomic E-state index is 0.0177. The normalized spacial score (nSPS) is 11.3. The van der Waals surface area contributed by atoms with E-state index < -0.39 is 0 Å². The van der Waals surface area contributed by atoms with Crippen molar-refractivity contribution < 1.29 is 4.79 Å². The van der Waals surface area contributed by atoms with E-state index >= 15 is 0 Å². The summed E-state index contributed by atoms with van der Waals surface area (Å²) in [5.41, 5.74) is 1.76. The third-order valence-electron chi connectivity index (χ3n) is 4.10. The number of nitrogens with one attached hydrogen (secondary N) is 3. The maximum atomic E-state index is 12.1. The Morgan fingerprint density at radius 3 is 2.54 bits per heavy atom. The van der Waals surface area contributed by atoms with Crippen LogP contribution >= 0.6 is 11.3 Å². The van der Waals surface area contributed by atoms with Gasteiger partial charge in [0.15, 0.2) is 5.96 Å². The Bertz CT molecular complexity index is 754. The predicted molar refractivity (Wildman–Crippen MR) is 117 cm³/mol. The molecule has 0 aliphatic rings. The lowest BCUT2D eigenvalue weighted by Crippen LogP contribution is -2.38. The molecular weight excluding hydrogens is 370 g/mol. The summed E-state index contributed by atoms with van der Waals surface area (Å²) in [7, 11) is 0. The maximum absolute atomic E-state index is 12.1. The fourth-order valence-corrected chi connectivity index (χ4v) is 3.35. The zero-order chi connectivity index (χ0) is 20.2. The van der Waals surface area contributed by atoms with Crippen molar-refractivity contribution in [2.45, 2.75) is 46.6 Å². The van der Waals surface area contributed by atoms with Crippen molar-refractivity contribution in [1.29, 1.82) is 0 Å².